The maximum absolute atomic E-state index is 12.7. The third-order valence-corrected chi connectivity index (χ3v) is 2.94. The Bertz CT molecular complexity index is 408. The van der Waals surface area contributed by atoms with Gasteiger partial charge in [-0.05, 0) is 28.7 Å². The maximum atomic E-state index is 12.7. The van der Waals surface area contributed by atoms with Gasteiger partial charge in [-0.3, -0.25) is 0 Å². The lowest BCUT2D eigenvalue weighted by Crippen LogP contribution is -1.98. The normalized spacial score (nSPS) is 11.6. The van der Waals surface area contributed by atoms with Crippen LogP contribution in [0.15, 0.2) is 17.2 Å². The molecule has 0 aromatic carbocycles. The summed E-state index contributed by atoms with van der Waals surface area (Å²) in [7, 11) is 0.899. The molecule has 0 atom stereocenters. The Morgan fingerprint density at radius 3 is 2.58 bits per heavy atom. The second-order valence-electron chi connectivity index (χ2n) is 1.88. The molecule has 1 rings (SSSR count). The maximum Gasteiger partial charge on any atom is 0.265 e. The first-order valence-corrected chi connectivity index (χ1v) is 6.06. The van der Waals surface area contributed by atoms with Gasteiger partial charge in [0.15, 0.2) is 0 Å². The van der Waals surface area contributed by atoms with Crippen LogP contribution >= 0.6 is 33.3 Å². The summed E-state index contributed by atoms with van der Waals surface area (Å²) in [4.78, 5) is 2.62. The van der Waals surface area contributed by atoms with Gasteiger partial charge in [-0.2, -0.15) is 4.39 Å². The zero-order valence-electron chi connectivity index (χ0n) is 5.46. The van der Waals surface area contributed by atoms with Crippen molar-refractivity contribution in [2.24, 2.45) is 0 Å². The molecule has 0 radical (unpaired) electrons. The molecule has 1 aromatic rings. The number of hydrogen-bond donors (Lipinski definition) is 0. The van der Waals surface area contributed by atoms with Gasteiger partial charge in [0.1, 0.15) is 4.90 Å². The first kappa shape index (κ1) is 10.1. The zero-order chi connectivity index (χ0) is 9.35. The van der Waals surface area contributed by atoms with Crippen LogP contribution in [0.4, 0.5) is 4.39 Å². The fraction of sp³-hybridized carbons (Fsp3) is 0. The lowest BCUT2D eigenvalue weighted by atomic mass is 10.5. The highest BCUT2D eigenvalue weighted by molar-refractivity contribution is 14.1. The van der Waals surface area contributed by atoms with E-state index in [9.17, 15) is 12.8 Å². The van der Waals surface area contributed by atoms with Crippen molar-refractivity contribution in [2.75, 3.05) is 0 Å². The molecule has 0 amide bonds. The summed E-state index contributed by atoms with van der Waals surface area (Å²) in [5.74, 6) is -1.08. The molecule has 0 bridgehead atoms. The van der Waals surface area contributed by atoms with Gasteiger partial charge < -0.3 is 0 Å². The van der Waals surface area contributed by atoms with Crippen LogP contribution in [0.25, 0.3) is 0 Å². The van der Waals surface area contributed by atoms with Crippen molar-refractivity contribution < 1.29 is 12.8 Å². The molecular formula is C5H2ClFINO2S. The van der Waals surface area contributed by atoms with Crippen molar-refractivity contribution in [3.05, 3.63) is 21.8 Å². The van der Waals surface area contributed by atoms with Crippen LogP contribution in [0.3, 0.4) is 0 Å². The van der Waals surface area contributed by atoms with E-state index in [1.165, 1.54) is 6.20 Å². The number of hydrogen-bond acceptors (Lipinski definition) is 3. The molecule has 0 saturated heterocycles. The Labute approximate surface area is 86.5 Å². The van der Waals surface area contributed by atoms with E-state index in [1.54, 1.807) is 0 Å². The van der Waals surface area contributed by atoms with Gasteiger partial charge in [-0.25, -0.2) is 13.4 Å². The van der Waals surface area contributed by atoms with Crippen LogP contribution in [-0.4, -0.2) is 13.4 Å². The number of rotatable bonds is 1. The van der Waals surface area contributed by atoms with Crippen molar-refractivity contribution in [1.82, 2.24) is 4.98 Å². The van der Waals surface area contributed by atoms with Crippen molar-refractivity contribution in [3.8, 4) is 0 Å². The summed E-state index contributed by atoms with van der Waals surface area (Å²) in [5, 5.41) is 0. The van der Waals surface area contributed by atoms with Crippen LogP contribution in [0.5, 0.6) is 0 Å². The van der Waals surface area contributed by atoms with Crippen LogP contribution in [0.1, 0.15) is 0 Å². The molecule has 12 heavy (non-hydrogen) atoms. The molecule has 0 fully saturated rings. The summed E-state index contributed by atoms with van der Waals surface area (Å²) >= 11 is 1.81. The highest BCUT2D eigenvalue weighted by Gasteiger charge is 2.17. The van der Waals surface area contributed by atoms with E-state index < -0.39 is 19.9 Å². The van der Waals surface area contributed by atoms with E-state index in [-0.39, 0.29) is 0 Å². The summed E-state index contributed by atoms with van der Waals surface area (Å²) in [6, 6.07) is 1.12. The Hall–Kier alpha value is 0.0500. The first-order valence-electron chi connectivity index (χ1n) is 2.67. The number of aromatic nitrogens is 1. The quantitative estimate of drug-likeness (QED) is 0.450. The lowest BCUT2D eigenvalue weighted by Gasteiger charge is -1.96. The molecule has 0 spiro atoms. The highest BCUT2D eigenvalue weighted by Crippen LogP contribution is 2.18. The molecule has 1 aromatic heterocycles. The summed E-state index contributed by atoms with van der Waals surface area (Å²) in [6.07, 6.45) is 1.21. The third kappa shape index (κ3) is 2.27. The van der Waals surface area contributed by atoms with E-state index in [1.807, 2.05) is 22.6 Å². The predicted molar refractivity (Wildman–Crippen MR) is 50.0 cm³/mol. The van der Waals surface area contributed by atoms with E-state index in [4.69, 9.17) is 10.7 Å². The standard InChI is InChI=1S/C5H2ClFINO2S/c6-12(10,11)4-1-3(8)2-9-5(4)7/h1-2H. The van der Waals surface area contributed by atoms with Crippen molar-refractivity contribution >= 4 is 42.3 Å². The fourth-order valence-corrected chi connectivity index (χ4v) is 2.08. The molecule has 66 valence electrons. The Balaban J connectivity index is 3.43. The SMILES string of the molecule is O=S(=O)(Cl)c1cc(I)cnc1F. The minimum Gasteiger partial charge on any atom is -0.226 e. The zero-order valence-corrected chi connectivity index (χ0v) is 9.19. The van der Waals surface area contributed by atoms with Gasteiger partial charge in [-0.15, -0.1) is 0 Å². The number of nitrogens with zero attached hydrogens (tertiary/aromatic N) is 1. The van der Waals surface area contributed by atoms with Crippen molar-refractivity contribution in [2.45, 2.75) is 4.90 Å². The van der Waals surface area contributed by atoms with Crippen LogP contribution in [-0.2, 0) is 9.05 Å². The van der Waals surface area contributed by atoms with Crippen LogP contribution < -0.4 is 0 Å². The van der Waals surface area contributed by atoms with Gasteiger partial charge >= 0.3 is 0 Å². The topological polar surface area (TPSA) is 47.0 Å². The van der Waals surface area contributed by atoms with E-state index in [0.29, 0.717) is 3.57 Å². The Morgan fingerprint density at radius 1 is 1.58 bits per heavy atom. The average molecular weight is 321 g/mol. The number of halogens is 3. The second-order valence-corrected chi connectivity index (χ2v) is 5.66. The fourth-order valence-electron chi connectivity index (χ4n) is 0.575. The molecule has 3 nitrogen and oxygen atoms in total. The minimum atomic E-state index is -4.03. The first-order chi connectivity index (χ1) is 5.41. The lowest BCUT2D eigenvalue weighted by molar-refractivity contribution is 0.542. The molecule has 0 aliphatic carbocycles. The molecule has 0 unspecified atom stereocenters. The summed E-state index contributed by atoms with van der Waals surface area (Å²) in [5.41, 5.74) is 0. The Kier molecular flexibility index (Phi) is 2.89. The highest BCUT2D eigenvalue weighted by atomic mass is 127. The van der Waals surface area contributed by atoms with Gasteiger partial charge in [0, 0.05) is 20.4 Å². The number of pyridine rings is 1. The molecule has 1 heterocycles. The molecule has 0 N–H and O–H groups in total. The molecule has 7 heteroatoms. The van der Waals surface area contributed by atoms with E-state index in [0.717, 1.165) is 6.07 Å². The smallest absolute Gasteiger partial charge is 0.226 e. The molecule has 0 saturated carbocycles. The average Bonchev–Trinajstić information content (AvgIpc) is 1.92. The van der Waals surface area contributed by atoms with Crippen LogP contribution in [0, 0.1) is 9.52 Å². The largest absolute Gasteiger partial charge is 0.265 e. The van der Waals surface area contributed by atoms with E-state index in [2.05, 4.69) is 4.98 Å². The predicted octanol–water partition coefficient (Wildman–Crippen LogP) is 1.75. The third-order valence-electron chi connectivity index (χ3n) is 1.04. The summed E-state index contributed by atoms with van der Waals surface area (Å²) < 4.78 is 34.6. The summed E-state index contributed by atoms with van der Waals surface area (Å²) in [6.45, 7) is 0. The van der Waals surface area contributed by atoms with E-state index >= 15 is 0 Å². The second kappa shape index (κ2) is 3.43. The molecular weight excluding hydrogens is 319 g/mol. The minimum absolute atomic E-state index is 0.508. The molecule has 0 aliphatic heterocycles. The van der Waals surface area contributed by atoms with Gasteiger partial charge in [-0.1, -0.05) is 0 Å². The monoisotopic (exact) mass is 321 g/mol. The van der Waals surface area contributed by atoms with Gasteiger partial charge in [0.25, 0.3) is 9.05 Å². The van der Waals surface area contributed by atoms with Crippen molar-refractivity contribution in [1.29, 1.82) is 0 Å². The van der Waals surface area contributed by atoms with Gasteiger partial charge in [0.2, 0.25) is 5.95 Å². The molecule has 0 aliphatic rings. The van der Waals surface area contributed by atoms with Gasteiger partial charge in [0.05, 0.1) is 0 Å². The van der Waals surface area contributed by atoms with Crippen molar-refractivity contribution in [3.63, 3.8) is 0 Å². The Morgan fingerprint density at radius 2 is 2.17 bits per heavy atom. The van der Waals surface area contributed by atoms with Crippen LogP contribution in [0.2, 0.25) is 0 Å².